The van der Waals surface area contributed by atoms with E-state index in [4.69, 9.17) is 24.8 Å². The van der Waals surface area contributed by atoms with Crippen molar-refractivity contribution in [2.75, 3.05) is 6.54 Å². The van der Waals surface area contributed by atoms with Crippen molar-refractivity contribution in [2.24, 2.45) is 0 Å². The molecule has 3 aromatic rings. The highest BCUT2D eigenvalue weighted by Gasteiger charge is 2.40. The van der Waals surface area contributed by atoms with Gasteiger partial charge in [-0.25, -0.2) is 9.78 Å². The largest absolute Gasteiger partial charge is 0.481 e. The summed E-state index contributed by atoms with van der Waals surface area (Å²) < 4.78 is 7.86. The molecule has 0 atom stereocenters. The van der Waals surface area contributed by atoms with E-state index < -0.39 is 36.4 Å². The number of imidazole rings is 1. The second kappa shape index (κ2) is 13.4. The Morgan fingerprint density at radius 1 is 1.11 bits per heavy atom. The van der Waals surface area contributed by atoms with E-state index in [1.165, 1.54) is 5.56 Å². The van der Waals surface area contributed by atoms with Gasteiger partial charge in [-0.1, -0.05) is 0 Å². The Kier molecular flexibility index (Phi) is 10.6. The number of aliphatic carboxylic acids is 3. The number of carboxylic acid groups (broad SMARTS) is 3. The van der Waals surface area contributed by atoms with Crippen molar-refractivity contribution in [2.45, 2.75) is 51.4 Å². The number of rotatable bonds is 13. The fraction of sp³-hybridized carbons (Fsp3) is 0.391. The molecule has 3 aromatic heterocycles. The molecule has 0 amide bonds. The molecule has 3 rings (SSSR count). The third-order valence-electron chi connectivity index (χ3n) is 4.90. The third-order valence-corrected chi connectivity index (χ3v) is 5.63. The maximum atomic E-state index is 10.3. The van der Waals surface area contributed by atoms with Crippen molar-refractivity contribution in [1.82, 2.24) is 14.5 Å². The van der Waals surface area contributed by atoms with E-state index in [9.17, 15) is 14.4 Å². The molecule has 12 heteroatoms. The van der Waals surface area contributed by atoms with Gasteiger partial charge in [0.15, 0.2) is 5.60 Å². The molecule has 0 saturated heterocycles. The Balaban J connectivity index is 0.000000287. The standard InChI is InChI=1S/C17H21N3OS.C6H8O7/c1-15-3-4-17(21-15)12-20(11-16-5-10-22-13-16)8-2-7-19-9-6-18-14-19;7-3(8)1-6(13,5(11)12)2-4(9)10/h3-6,9-10,13-14H,2,7-8,11-12H2,1H3;13H,1-2H2,(H,7,8)(H,9,10)(H,11,12). The highest BCUT2D eigenvalue weighted by molar-refractivity contribution is 7.07. The van der Waals surface area contributed by atoms with Crippen molar-refractivity contribution in [3.8, 4) is 0 Å². The second-order valence-corrected chi connectivity index (χ2v) is 8.77. The molecule has 0 unspecified atom stereocenters. The summed E-state index contributed by atoms with van der Waals surface area (Å²) in [6, 6.07) is 6.30. The monoisotopic (exact) mass is 507 g/mol. The summed E-state index contributed by atoms with van der Waals surface area (Å²) in [5.74, 6) is -3.01. The van der Waals surface area contributed by atoms with Crippen molar-refractivity contribution in [1.29, 1.82) is 0 Å². The smallest absolute Gasteiger partial charge is 0.336 e. The number of hydrogen-bond donors (Lipinski definition) is 4. The highest BCUT2D eigenvalue weighted by Crippen LogP contribution is 2.16. The molecule has 0 saturated carbocycles. The average Bonchev–Trinajstić information content (AvgIpc) is 3.51. The highest BCUT2D eigenvalue weighted by atomic mass is 32.1. The predicted octanol–water partition coefficient (Wildman–Crippen LogP) is 2.69. The maximum Gasteiger partial charge on any atom is 0.336 e. The van der Waals surface area contributed by atoms with Crippen LogP contribution in [0.5, 0.6) is 0 Å². The maximum absolute atomic E-state index is 10.3. The summed E-state index contributed by atoms with van der Waals surface area (Å²) in [5, 5.41) is 38.2. The number of aryl methyl sites for hydroxylation is 2. The van der Waals surface area contributed by atoms with Crippen LogP contribution in [0.25, 0.3) is 0 Å². The van der Waals surface area contributed by atoms with Crippen LogP contribution in [-0.2, 0) is 34.0 Å². The number of hydrogen-bond acceptors (Lipinski definition) is 8. The van der Waals surface area contributed by atoms with Gasteiger partial charge in [-0.3, -0.25) is 14.5 Å². The van der Waals surface area contributed by atoms with Crippen molar-refractivity contribution in [3.63, 3.8) is 0 Å². The Morgan fingerprint density at radius 3 is 2.31 bits per heavy atom. The number of carboxylic acids is 3. The quantitative estimate of drug-likeness (QED) is 0.270. The summed E-state index contributed by atoms with van der Waals surface area (Å²) in [4.78, 5) is 37.0. The first kappa shape index (κ1) is 27.8. The summed E-state index contributed by atoms with van der Waals surface area (Å²) >= 11 is 1.75. The van der Waals surface area contributed by atoms with E-state index in [0.717, 1.165) is 44.1 Å². The zero-order chi connectivity index (χ0) is 25.8. The normalized spacial score (nSPS) is 11.2. The van der Waals surface area contributed by atoms with Crippen molar-refractivity contribution >= 4 is 29.2 Å². The van der Waals surface area contributed by atoms with E-state index in [-0.39, 0.29) is 0 Å². The van der Waals surface area contributed by atoms with Crippen LogP contribution in [0.4, 0.5) is 0 Å². The van der Waals surface area contributed by atoms with E-state index >= 15 is 0 Å². The summed E-state index contributed by atoms with van der Waals surface area (Å²) in [6.45, 7) is 5.84. The molecule has 190 valence electrons. The van der Waals surface area contributed by atoms with Crippen LogP contribution in [0, 0.1) is 6.92 Å². The lowest BCUT2D eigenvalue weighted by Crippen LogP contribution is -2.42. The van der Waals surface area contributed by atoms with Gasteiger partial charge in [0.2, 0.25) is 0 Å². The number of thiophene rings is 1. The minimum absolute atomic E-state index is 0.855. The van der Waals surface area contributed by atoms with Gasteiger partial charge in [0, 0.05) is 32.0 Å². The molecule has 0 fully saturated rings. The lowest BCUT2D eigenvalue weighted by molar-refractivity contribution is -0.170. The van der Waals surface area contributed by atoms with E-state index in [1.807, 2.05) is 31.7 Å². The average molecular weight is 508 g/mol. The van der Waals surface area contributed by atoms with Crippen molar-refractivity contribution < 1.29 is 39.2 Å². The van der Waals surface area contributed by atoms with Crippen LogP contribution in [-0.4, -0.2) is 64.9 Å². The zero-order valence-corrected chi connectivity index (χ0v) is 20.1. The molecule has 4 N–H and O–H groups in total. The van der Waals surface area contributed by atoms with Gasteiger partial charge < -0.3 is 29.4 Å². The minimum Gasteiger partial charge on any atom is -0.481 e. The first-order valence-electron chi connectivity index (χ1n) is 10.7. The van der Waals surface area contributed by atoms with Gasteiger partial charge >= 0.3 is 17.9 Å². The second-order valence-electron chi connectivity index (χ2n) is 7.99. The van der Waals surface area contributed by atoms with Crippen LogP contribution in [0.3, 0.4) is 0 Å². The Morgan fingerprint density at radius 2 is 1.83 bits per heavy atom. The summed E-state index contributed by atoms with van der Waals surface area (Å²) in [5.41, 5.74) is -1.37. The molecular formula is C23H29N3O8S. The first-order valence-corrected chi connectivity index (χ1v) is 11.7. The lowest BCUT2D eigenvalue weighted by atomic mass is 9.96. The van der Waals surface area contributed by atoms with E-state index in [2.05, 4.69) is 37.3 Å². The molecule has 0 aliphatic carbocycles. The fourth-order valence-electron chi connectivity index (χ4n) is 3.26. The molecule has 0 aromatic carbocycles. The molecule has 0 aliphatic heterocycles. The van der Waals surface area contributed by atoms with Gasteiger partial charge in [-0.2, -0.15) is 11.3 Å². The lowest BCUT2D eigenvalue weighted by Gasteiger charge is -2.21. The Hall–Kier alpha value is -3.48. The van der Waals surface area contributed by atoms with Crippen LogP contribution in [0.1, 0.15) is 36.3 Å². The third kappa shape index (κ3) is 10.1. The number of nitrogens with zero attached hydrogens (tertiary/aromatic N) is 3. The predicted molar refractivity (Wildman–Crippen MR) is 126 cm³/mol. The number of aliphatic hydroxyl groups is 1. The zero-order valence-electron chi connectivity index (χ0n) is 19.2. The van der Waals surface area contributed by atoms with Crippen molar-refractivity contribution in [3.05, 3.63) is 64.8 Å². The first-order chi connectivity index (χ1) is 16.6. The molecule has 35 heavy (non-hydrogen) atoms. The van der Waals surface area contributed by atoms with Gasteiger partial charge in [0.05, 0.1) is 25.7 Å². The fourth-order valence-corrected chi connectivity index (χ4v) is 3.92. The molecule has 0 bridgehead atoms. The van der Waals surface area contributed by atoms with Gasteiger partial charge in [0.1, 0.15) is 11.5 Å². The Bertz CT molecular complexity index is 1050. The minimum atomic E-state index is -2.74. The molecule has 0 aliphatic rings. The van der Waals surface area contributed by atoms with Gasteiger partial charge in [0.25, 0.3) is 0 Å². The topological polar surface area (TPSA) is 166 Å². The van der Waals surface area contributed by atoms with Crippen LogP contribution in [0.15, 0.2) is 52.1 Å². The van der Waals surface area contributed by atoms with Gasteiger partial charge in [-0.05, 0) is 47.9 Å². The summed E-state index contributed by atoms with van der Waals surface area (Å²) in [6.07, 6.45) is 4.52. The van der Waals surface area contributed by atoms with Crippen LogP contribution in [0.2, 0.25) is 0 Å². The summed E-state index contributed by atoms with van der Waals surface area (Å²) in [7, 11) is 0. The molecule has 11 nitrogen and oxygen atoms in total. The number of carbonyl (C=O) groups is 3. The van der Waals surface area contributed by atoms with Crippen LogP contribution < -0.4 is 0 Å². The molecule has 3 heterocycles. The van der Waals surface area contributed by atoms with Crippen LogP contribution >= 0.6 is 11.3 Å². The van der Waals surface area contributed by atoms with E-state index in [1.54, 1.807) is 11.3 Å². The number of aromatic nitrogens is 2. The molecular weight excluding hydrogens is 478 g/mol. The van der Waals surface area contributed by atoms with E-state index in [0.29, 0.717) is 0 Å². The SMILES string of the molecule is Cc1ccc(CN(CCCn2ccnc2)Cc2ccsc2)o1.O=C(O)CC(O)(CC(=O)O)C(=O)O. The molecule has 0 radical (unpaired) electrons. The van der Waals surface area contributed by atoms with Gasteiger partial charge in [-0.15, -0.1) is 0 Å². The Labute approximate surface area is 205 Å². The number of furan rings is 1. The molecule has 0 spiro atoms.